The van der Waals surface area contributed by atoms with Gasteiger partial charge in [-0.25, -0.2) is 8.42 Å². The van der Waals surface area contributed by atoms with E-state index in [-0.39, 0.29) is 11.6 Å². The third kappa shape index (κ3) is 5.69. The van der Waals surface area contributed by atoms with E-state index in [9.17, 15) is 21.6 Å². The summed E-state index contributed by atoms with van der Waals surface area (Å²) in [5.41, 5.74) is -0.649. The molecule has 1 aromatic carbocycles. The molecule has 0 saturated heterocycles. The number of hydrogen-bond donors (Lipinski definition) is 0. The van der Waals surface area contributed by atoms with Gasteiger partial charge < -0.3 is 4.90 Å². The van der Waals surface area contributed by atoms with Crippen molar-refractivity contribution in [3.8, 4) is 0 Å². The van der Waals surface area contributed by atoms with Gasteiger partial charge in [0.25, 0.3) is 0 Å². The van der Waals surface area contributed by atoms with Gasteiger partial charge in [0.1, 0.15) is 0 Å². The lowest BCUT2D eigenvalue weighted by Crippen LogP contribution is -2.43. The quantitative estimate of drug-likeness (QED) is 0.731. The van der Waals surface area contributed by atoms with Gasteiger partial charge in [-0.3, -0.25) is 0 Å². The standard InChI is InChI=1S/C17H25F3N2O2S/c1-21(2)10-11-22(16-8-3-4-9-16)25(23,24)13-14-6-5-7-15(12-14)17(18,19)20/h5-7,12,16H,3-4,8-11,13H2,1-2H3. The molecule has 0 spiro atoms. The molecule has 0 aliphatic heterocycles. The van der Waals surface area contributed by atoms with Gasteiger partial charge in [0.15, 0.2) is 0 Å². The average Bonchev–Trinajstić information content (AvgIpc) is 2.99. The molecule has 0 radical (unpaired) electrons. The topological polar surface area (TPSA) is 40.6 Å². The van der Waals surface area contributed by atoms with Crippen LogP contribution < -0.4 is 0 Å². The van der Waals surface area contributed by atoms with Crippen LogP contribution in [-0.4, -0.2) is 50.8 Å². The van der Waals surface area contributed by atoms with E-state index in [4.69, 9.17) is 0 Å². The first-order valence-electron chi connectivity index (χ1n) is 8.40. The van der Waals surface area contributed by atoms with E-state index in [0.717, 1.165) is 37.8 Å². The van der Waals surface area contributed by atoms with E-state index in [1.54, 1.807) is 0 Å². The number of sulfonamides is 1. The molecule has 1 saturated carbocycles. The molecule has 1 fully saturated rings. The van der Waals surface area contributed by atoms with Crippen LogP contribution in [0.3, 0.4) is 0 Å². The molecule has 1 aliphatic rings. The van der Waals surface area contributed by atoms with Gasteiger partial charge in [0.2, 0.25) is 10.0 Å². The van der Waals surface area contributed by atoms with Gasteiger partial charge in [-0.05, 0) is 38.6 Å². The molecule has 25 heavy (non-hydrogen) atoms. The normalized spacial score (nSPS) is 16.9. The second kappa shape index (κ2) is 8.05. The zero-order chi connectivity index (χ0) is 18.7. The fourth-order valence-corrected chi connectivity index (χ4v) is 4.96. The van der Waals surface area contributed by atoms with Crippen LogP contribution in [0.4, 0.5) is 13.2 Å². The maximum absolute atomic E-state index is 12.9. The Bertz CT molecular complexity index is 669. The van der Waals surface area contributed by atoms with Gasteiger partial charge in [0.05, 0.1) is 11.3 Å². The average molecular weight is 378 g/mol. The van der Waals surface area contributed by atoms with Crippen LogP contribution in [0, 0.1) is 0 Å². The second-order valence-corrected chi connectivity index (χ2v) is 8.73. The molecule has 142 valence electrons. The lowest BCUT2D eigenvalue weighted by Gasteiger charge is -2.29. The summed E-state index contributed by atoms with van der Waals surface area (Å²) in [6.45, 7) is 0.942. The van der Waals surface area contributed by atoms with Crippen LogP contribution in [0.25, 0.3) is 0 Å². The number of alkyl halides is 3. The largest absolute Gasteiger partial charge is 0.416 e. The van der Waals surface area contributed by atoms with Gasteiger partial charge in [0, 0.05) is 19.1 Å². The highest BCUT2D eigenvalue weighted by molar-refractivity contribution is 7.88. The first kappa shape index (κ1) is 20.2. The van der Waals surface area contributed by atoms with Crippen molar-refractivity contribution < 1.29 is 21.6 Å². The van der Waals surface area contributed by atoms with Crippen molar-refractivity contribution in [2.45, 2.75) is 43.7 Å². The predicted molar refractivity (Wildman–Crippen MR) is 91.6 cm³/mol. The Morgan fingerprint density at radius 2 is 1.76 bits per heavy atom. The summed E-state index contributed by atoms with van der Waals surface area (Å²) in [5.74, 6) is -0.402. The van der Waals surface area contributed by atoms with Crippen molar-refractivity contribution in [2.24, 2.45) is 0 Å². The number of benzene rings is 1. The Balaban J connectivity index is 2.21. The second-order valence-electron chi connectivity index (χ2n) is 6.81. The summed E-state index contributed by atoms with van der Waals surface area (Å²) in [4.78, 5) is 1.90. The molecule has 8 heteroatoms. The smallest absolute Gasteiger partial charge is 0.308 e. The van der Waals surface area contributed by atoms with Crippen LogP contribution in [0.5, 0.6) is 0 Å². The summed E-state index contributed by atoms with van der Waals surface area (Å²) >= 11 is 0. The van der Waals surface area contributed by atoms with Crippen LogP contribution in [0.15, 0.2) is 24.3 Å². The van der Waals surface area contributed by atoms with Crippen molar-refractivity contribution in [1.82, 2.24) is 9.21 Å². The first-order chi connectivity index (χ1) is 11.6. The molecular formula is C17H25F3N2O2S. The number of halogens is 3. The molecular weight excluding hydrogens is 353 g/mol. The monoisotopic (exact) mass is 378 g/mol. The van der Waals surface area contributed by atoms with E-state index in [1.807, 2.05) is 19.0 Å². The van der Waals surface area contributed by atoms with Crippen LogP contribution in [-0.2, 0) is 22.0 Å². The zero-order valence-corrected chi connectivity index (χ0v) is 15.4. The van der Waals surface area contributed by atoms with Gasteiger partial charge in [-0.15, -0.1) is 0 Å². The highest BCUT2D eigenvalue weighted by atomic mass is 32.2. The van der Waals surface area contributed by atoms with Gasteiger partial charge >= 0.3 is 6.18 Å². The molecule has 0 bridgehead atoms. The summed E-state index contributed by atoms with van der Waals surface area (Å²) in [6.07, 6.45) is -0.870. The molecule has 0 unspecified atom stereocenters. The Labute approximate surface area is 147 Å². The van der Waals surface area contributed by atoms with E-state index in [1.165, 1.54) is 16.4 Å². The Morgan fingerprint density at radius 3 is 2.32 bits per heavy atom. The number of nitrogens with zero attached hydrogens (tertiary/aromatic N) is 2. The van der Waals surface area contributed by atoms with Crippen LogP contribution in [0.1, 0.15) is 36.8 Å². The lowest BCUT2D eigenvalue weighted by atomic mass is 10.1. The summed E-state index contributed by atoms with van der Waals surface area (Å²) in [5, 5.41) is 0. The number of rotatable bonds is 7. The summed E-state index contributed by atoms with van der Waals surface area (Å²) in [7, 11) is 0.0572. The maximum atomic E-state index is 12.9. The minimum Gasteiger partial charge on any atom is -0.308 e. The highest BCUT2D eigenvalue weighted by Crippen LogP contribution is 2.31. The first-order valence-corrected chi connectivity index (χ1v) is 10.0. The SMILES string of the molecule is CN(C)CCN(C1CCCC1)S(=O)(=O)Cc1cccc(C(F)(F)F)c1. The molecule has 0 heterocycles. The van der Waals surface area contributed by atoms with E-state index in [2.05, 4.69) is 0 Å². The van der Waals surface area contributed by atoms with Crippen molar-refractivity contribution in [3.63, 3.8) is 0 Å². The molecule has 0 aromatic heterocycles. The molecule has 0 amide bonds. The minimum atomic E-state index is -4.48. The Morgan fingerprint density at radius 1 is 1.12 bits per heavy atom. The minimum absolute atomic E-state index is 0.0456. The zero-order valence-electron chi connectivity index (χ0n) is 14.6. The fraction of sp³-hybridized carbons (Fsp3) is 0.647. The van der Waals surface area contributed by atoms with E-state index in [0.29, 0.717) is 13.1 Å². The van der Waals surface area contributed by atoms with E-state index < -0.39 is 27.5 Å². The molecule has 1 aliphatic carbocycles. The molecule has 0 N–H and O–H groups in total. The summed E-state index contributed by atoms with van der Waals surface area (Å²) in [6, 6.07) is 4.53. The van der Waals surface area contributed by atoms with Crippen molar-refractivity contribution >= 4 is 10.0 Å². The predicted octanol–water partition coefficient (Wildman–Crippen LogP) is 3.34. The van der Waals surface area contributed by atoms with Crippen LogP contribution >= 0.6 is 0 Å². The van der Waals surface area contributed by atoms with Crippen LogP contribution in [0.2, 0.25) is 0 Å². The fourth-order valence-electron chi connectivity index (χ4n) is 3.17. The van der Waals surface area contributed by atoms with Crippen molar-refractivity contribution in [2.75, 3.05) is 27.2 Å². The van der Waals surface area contributed by atoms with E-state index >= 15 is 0 Å². The highest BCUT2D eigenvalue weighted by Gasteiger charge is 2.33. The summed E-state index contributed by atoms with van der Waals surface area (Å²) < 4.78 is 65.8. The number of likely N-dealkylation sites (N-methyl/N-ethyl adjacent to an activating group) is 1. The van der Waals surface area contributed by atoms with Gasteiger partial charge in [-0.1, -0.05) is 31.0 Å². The molecule has 2 rings (SSSR count). The third-order valence-electron chi connectivity index (χ3n) is 4.46. The van der Waals surface area contributed by atoms with Crippen molar-refractivity contribution in [3.05, 3.63) is 35.4 Å². The molecule has 0 atom stereocenters. The Kier molecular flexibility index (Phi) is 6.51. The molecule has 4 nitrogen and oxygen atoms in total. The molecule has 1 aromatic rings. The third-order valence-corrected chi connectivity index (χ3v) is 6.35. The van der Waals surface area contributed by atoms with Crippen molar-refractivity contribution in [1.29, 1.82) is 0 Å². The maximum Gasteiger partial charge on any atom is 0.416 e. The number of hydrogen-bond acceptors (Lipinski definition) is 3. The lowest BCUT2D eigenvalue weighted by molar-refractivity contribution is -0.137. The van der Waals surface area contributed by atoms with Gasteiger partial charge in [-0.2, -0.15) is 17.5 Å². The Hall–Kier alpha value is -1.12.